The fraction of sp³-hybridized carbons (Fsp3) is 0.333. The molecule has 3 aromatic rings. The Balaban J connectivity index is 1.52. The number of nitrogens with one attached hydrogen (secondary N) is 2. The topological polar surface area (TPSA) is 152 Å². The van der Waals surface area contributed by atoms with Crippen LogP contribution in [0, 0.1) is 0 Å². The third-order valence-electron chi connectivity index (χ3n) is 4.58. The molecule has 4 rings (SSSR count). The molecular formula is C18H18ClN5O6. The minimum atomic E-state index is -0.861. The SMILES string of the molecule is O=C(COc1ccccc1Cl)Nc1nc2c(ncn2C2CC(O)C(CO)O2)c(=O)[nH]1. The summed E-state index contributed by atoms with van der Waals surface area (Å²) in [5.74, 6) is -0.310. The van der Waals surface area contributed by atoms with Crippen LogP contribution in [-0.4, -0.2) is 61.1 Å². The van der Waals surface area contributed by atoms with E-state index in [-0.39, 0.29) is 36.7 Å². The van der Waals surface area contributed by atoms with Crippen molar-refractivity contribution in [2.45, 2.75) is 24.9 Å². The van der Waals surface area contributed by atoms with Crippen LogP contribution >= 0.6 is 11.6 Å². The number of aromatic amines is 1. The molecule has 1 fully saturated rings. The van der Waals surface area contributed by atoms with Crippen molar-refractivity contribution in [1.82, 2.24) is 19.5 Å². The van der Waals surface area contributed by atoms with Crippen LogP contribution in [-0.2, 0) is 9.53 Å². The first-order valence-electron chi connectivity index (χ1n) is 9.04. The van der Waals surface area contributed by atoms with Gasteiger partial charge < -0.3 is 19.7 Å². The summed E-state index contributed by atoms with van der Waals surface area (Å²) in [5.41, 5.74) is -0.346. The van der Waals surface area contributed by atoms with Gasteiger partial charge >= 0.3 is 0 Å². The Labute approximate surface area is 174 Å². The van der Waals surface area contributed by atoms with Crippen LogP contribution in [0.15, 0.2) is 35.4 Å². The molecule has 1 saturated heterocycles. The molecule has 1 amide bonds. The highest BCUT2D eigenvalue weighted by molar-refractivity contribution is 6.32. The van der Waals surface area contributed by atoms with Crippen molar-refractivity contribution >= 4 is 34.6 Å². The Morgan fingerprint density at radius 1 is 1.43 bits per heavy atom. The van der Waals surface area contributed by atoms with E-state index in [2.05, 4.69) is 20.3 Å². The third kappa shape index (κ3) is 4.00. The van der Waals surface area contributed by atoms with Crippen LogP contribution in [0.1, 0.15) is 12.6 Å². The molecule has 1 aliphatic rings. The molecular weight excluding hydrogens is 418 g/mol. The van der Waals surface area contributed by atoms with Gasteiger partial charge in [0, 0.05) is 6.42 Å². The number of para-hydroxylation sites is 1. The first-order chi connectivity index (χ1) is 14.5. The standard InChI is InChI=1S/C18H18ClN5O6/c19-9-3-1-2-4-11(9)29-7-13(27)21-18-22-16-15(17(28)23-18)20-8-24(16)14-5-10(26)12(6-25)30-14/h1-4,8,10,12,14,25-26H,5-7H2,(H2,21,22,23,27,28). The molecule has 158 valence electrons. The van der Waals surface area contributed by atoms with Crippen molar-refractivity contribution in [2.24, 2.45) is 0 Å². The molecule has 0 aliphatic carbocycles. The number of hydrogen-bond donors (Lipinski definition) is 4. The van der Waals surface area contributed by atoms with Gasteiger partial charge in [-0.3, -0.25) is 24.5 Å². The number of fused-ring (bicyclic) bond motifs is 1. The van der Waals surface area contributed by atoms with E-state index in [9.17, 15) is 19.8 Å². The molecule has 30 heavy (non-hydrogen) atoms. The Bertz CT molecular complexity index is 1130. The fourth-order valence-electron chi connectivity index (χ4n) is 3.12. The third-order valence-corrected chi connectivity index (χ3v) is 4.89. The molecule has 1 aromatic carbocycles. The maximum Gasteiger partial charge on any atom is 0.280 e. The van der Waals surface area contributed by atoms with Gasteiger partial charge in [0.05, 0.1) is 24.1 Å². The Morgan fingerprint density at radius 2 is 2.23 bits per heavy atom. The van der Waals surface area contributed by atoms with Gasteiger partial charge in [0.25, 0.3) is 11.5 Å². The number of carbonyl (C=O) groups is 1. The maximum absolute atomic E-state index is 12.3. The molecule has 3 unspecified atom stereocenters. The first kappa shape index (κ1) is 20.3. The second kappa shape index (κ2) is 8.40. The largest absolute Gasteiger partial charge is 0.482 e. The molecule has 0 bridgehead atoms. The Hall–Kier alpha value is -2.99. The van der Waals surface area contributed by atoms with Crippen LogP contribution in [0.25, 0.3) is 11.2 Å². The Kier molecular flexibility index (Phi) is 5.68. The van der Waals surface area contributed by atoms with Gasteiger partial charge in [-0.1, -0.05) is 23.7 Å². The van der Waals surface area contributed by atoms with Gasteiger partial charge in [-0.2, -0.15) is 4.98 Å². The number of carbonyl (C=O) groups excluding carboxylic acids is 1. The van der Waals surface area contributed by atoms with Gasteiger partial charge in [0.15, 0.2) is 17.8 Å². The van der Waals surface area contributed by atoms with E-state index in [4.69, 9.17) is 21.1 Å². The fourth-order valence-corrected chi connectivity index (χ4v) is 3.31. The van der Waals surface area contributed by atoms with Crippen molar-refractivity contribution in [3.05, 3.63) is 46.0 Å². The highest BCUT2D eigenvalue weighted by Gasteiger charge is 2.35. The van der Waals surface area contributed by atoms with E-state index < -0.39 is 29.9 Å². The number of ether oxygens (including phenoxy) is 2. The van der Waals surface area contributed by atoms with Crippen molar-refractivity contribution in [3.63, 3.8) is 0 Å². The number of aliphatic hydroxyl groups excluding tert-OH is 2. The van der Waals surface area contributed by atoms with E-state index in [1.54, 1.807) is 24.3 Å². The van der Waals surface area contributed by atoms with E-state index in [0.717, 1.165) is 0 Å². The molecule has 0 saturated carbocycles. The summed E-state index contributed by atoms with van der Waals surface area (Å²) in [6.07, 6.45) is -0.714. The lowest BCUT2D eigenvalue weighted by atomic mass is 10.2. The number of aliphatic hydroxyl groups is 2. The summed E-state index contributed by atoms with van der Waals surface area (Å²) in [5, 5.41) is 22.0. The number of imidazole rings is 1. The lowest BCUT2D eigenvalue weighted by Crippen LogP contribution is -2.24. The number of rotatable bonds is 6. The highest BCUT2D eigenvalue weighted by Crippen LogP contribution is 2.30. The molecule has 12 heteroatoms. The monoisotopic (exact) mass is 435 g/mol. The molecule has 0 spiro atoms. The summed E-state index contributed by atoms with van der Waals surface area (Å²) in [4.78, 5) is 35.2. The number of halogens is 1. The van der Waals surface area contributed by atoms with E-state index in [1.807, 2.05) is 0 Å². The number of amides is 1. The van der Waals surface area contributed by atoms with Gasteiger partial charge in [-0.25, -0.2) is 4.98 Å². The predicted octanol–water partition coefficient (Wildman–Crippen LogP) is 0.431. The van der Waals surface area contributed by atoms with Gasteiger partial charge in [0.1, 0.15) is 18.1 Å². The van der Waals surface area contributed by atoms with Crippen LogP contribution in [0.4, 0.5) is 5.95 Å². The predicted molar refractivity (Wildman–Crippen MR) is 105 cm³/mol. The maximum atomic E-state index is 12.3. The van der Waals surface area contributed by atoms with Crippen molar-refractivity contribution < 1.29 is 24.5 Å². The number of nitrogens with zero attached hydrogens (tertiary/aromatic N) is 3. The molecule has 11 nitrogen and oxygen atoms in total. The van der Waals surface area contributed by atoms with Gasteiger partial charge in [-0.15, -0.1) is 0 Å². The van der Waals surface area contributed by atoms with E-state index in [0.29, 0.717) is 10.8 Å². The average Bonchev–Trinajstić information content (AvgIpc) is 3.30. The van der Waals surface area contributed by atoms with Crippen molar-refractivity contribution in [3.8, 4) is 5.75 Å². The van der Waals surface area contributed by atoms with Gasteiger partial charge in [-0.05, 0) is 12.1 Å². The zero-order valence-electron chi connectivity index (χ0n) is 15.5. The molecule has 2 aromatic heterocycles. The van der Waals surface area contributed by atoms with Crippen molar-refractivity contribution in [1.29, 1.82) is 0 Å². The minimum Gasteiger partial charge on any atom is -0.482 e. The second-order valence-corrected chi connectivity index (χ2v) is 7.03. The summed E-state index contributed by atoms with van der Waals surface area (Å²) < 4.78 is 12.4. The normalized spacial score (nSPS) is 21.1. The number of aromatic nitrogens is 4. The van der Waals surface area contributed by atoms with Crippen LogP contribution in [0.2, 0.25) is 5.02 Å². The van der Waals surface area contributed by atoms with Crippen LogP contribution in [0.5, 0.6) is 5.75 Å². The summed E-state index contributed by atoms with van der Waals surface area (Å²) in [6.45, 7) is -0.689. The molecule has 3 atom stereocenters. The summed E-state index contributed by atoms with van der Waals surface area (Å²) >= 11 is 5.98. The number of benzene rings is 1. The molecule has 3 heterocycles. The van der Waals surface area contributed by atoms with Crippen molar-refractivity contribution in [2.75, 3.05) is 18.5 Å². The molecule has 1 aliphatic heterocycles. The molecule has 0 radical (unpaired) electrons. The summed E-state index contributed by atoms with van der Waals surface area (Å²) in [7, 11) is 0. The highest BCUT2D eigenvalue weighted by atomic mass is 35.5. The quantitative estimate of drug-likeness (QED) is 0.435. The smallest absolute Gasteiger partial charge is 0.280 e. The zero-order chi connectivity index (χ0) is 21.3. The number of hydrogen-bond acceptors (Lipinski definition) is 8. The zero-order valence-corrected chi connectivity index (χ0v) is 16.2. The first-order valence-corrected chi connectivity index (χ1v) is 9.42. The minimum absolute atomic E-state index is 0.0471. The number of anilines is 1. The van der Waals surface area contributed by atoms with E-state index in [1.165, 1.54) is 10.9 Å². The Morgan fingerprint density at radius 3 is 2.97 bits per heavy atom. The van der Waals surface area contributed by atoms with Crippen LogP contribution < -0.4 is 15.6 Å². The molecule has 4 N–H and O–H groups in total. The average molecular weight is 436 g/mol. The van der Waals surface area contributed by atoms with Crippen LogP contribution in [0.3, 0.4) is 0 Å². The van der Waals surface area contributed by atoms with E-state index >= 15 is 0 Å². The lowest BCUT2D eigenvalue weighted by Gasteiger charge is -2.14. The van der Waals surface area contributed by atoms with Gasteiger partial charge in [0.2, 0.25) is 5.95 Å². The second-order valence-electron chi connectivity index (χ2n) is 6.62. The lowest BCUT2D eigenvalue weighted by molar-refractivity contribution is -0.118. The number of H-pyrrole nitrogens is 1. The summed E-state index contributed by atoms with van der Waals surface area (Å²) in [6, 6.07) is 6.71.